The first-order valence-electron chi connectivity index (χ1n) is 6.19. The zero-order valence-electron chi connectivity index (χ0n) is 10.2. The Balaban J connectivity index is 1.90. The van der Waals surface area contributed by atoms with E-state index in [2.05, 4.69) is 6.92 Å². The largest absolute Gasteiger partial charge is 0.293 e. The molecule has 0 aromatic heterocycles. The van der Waals surface area contributed by atoms with Crippen LogP contribution in [0, 0.1) is 11.8 Å². The quantitative estimate of drug-likeness (QED) is 0.735. The van der Waals surface area contributed by atoms with Crippen LogP contribution in [0.5, 0.6) is 0 Å². The van der Waals surface area contributed by atoms with Gasteiger partial charge in [-0.2, -0.15) is 0 Å². The number of alkyl halides is 2. The van der Waals surface area contributed by atoms with Crippen molar-refractivity contribution >= 4 is 0 Å². The van der Waals surface area contributed by atoms with Crippen molar-refractivity contribution in [3.8, 4) is 0 Å². The van der Waals surface area contributed by atoms with E-state index >= 15 is 0 Å². The van der Waals surface area contributed by atoms with Gasteiger partial charge in [0, 0.05) is 13.1 Å². The molecule has 0 heterocycles. The van der Waals surface area contributed by atoms with Crippen LogP contribution in [0.2, 0.25) is 0 Å². The second-order valence-electron chi connectivity index (χ2n) is 5.04. The minimum absolute atomic E-state index is 0.113. The summed E-state index contributed by atoms with van der Waals surface area (Å²) < 4.78 is 25.0. The van der Waals surface area contributed by atoms with E-state index in [1.54, 1.807) is 0 Å². The van der Waals surface area contributed by atoms with Crippen LogP contribution >= 0.6 is 0 Å². The fraction of sp³-hybridized carbons (Fsp3) is 0.571. The van der Waals surface area contributed by atoms with Gasteiger partial charge >= 0.3 is 0 Å². The first-order chi connectivity index (χ1) is 8.15. The standard InChI is InChI=1S/C14H19F2N/c1-11-7-13(11)9-17(10-14(15)16)8-12-5-3-2-4-6-12/h2-6,11,13-14H,7-10H2,1H3. The molecular weight excluding hydrogens is 220 g/mol. The Morgan fingerprint density at radius 1 is 1.29 bits per heavy atom. The summed E-state index contributed by atoms with van der Waals surface area (Å²) in [5.41, 5.74) is 1.11. The maximum absolute atomic E-state index is 12.5. The predicted octanol–water partition coefficient (Wildman–Crippen LogP) is 3.41. The third-order valence-corrected chi connectivity index (χ3v) is 3.41. The lowest BCUT2D eigenvalue weighted by Gasteiger charge is -2.22. The van der Waals surface area contributed by atoms with Crippen molar-refractivity contribution in [3.05, 3.63) is 35.9 Å². The topological polar surface area (TPSA) is 3.24 Å². The molecule has 0 N–H and O–H groups in total. The zero-order chi connectivity index (χ0) is 12.3. The Labute approximate surface area is 101 Å². The number of halogens is 2. The molecule has 94 valence electrons. The first-order valence-corrected chi connectivity index (χ1v) is 6.19. The Kier molecular flexibility index (Phi) is 4.11. The van der Waals surface area contributed by atoms with Crippen LogP contribution < -0.4 is 0 Å². The van der Waals surface area contributed by atoms with E-state index in [1.165, 1.54) is 6.42 Å². The Morgan fingerprint density at radius 3 is 2.47 bits per heavy atom. The van der Waals surface area contributed by atoms with Crippen LogP contribution in [-0.4, -0.2) is 24.4 Å². The molecule has 0 radical (unpaired) electrons. The Hall–Kier alpha value is -0.960. The Morgan fingerprint density at radius 2 is 1.94 bits per heavy atom. The smallest absolute Gasteiger partial charge is 0.251 e. The molecule has 0 bridgehead atoms. The number of nitrogens with zero attached hydrogens (tertiary/aromatic N) is 1. The van der Waals surface area contributed by atoms with Crippen molar-refractivity contribution < 1.29 is 8.78 Å². The first kappa shape index (κ1) is 12.5. The van der Waals surface area contributed by atoms with Gasteiger partial charge in [0.1, 0.15) is 0 Å². The molecule has 0 saturated heterocycles. The van der Waals surface area contributed by atoms with Gasteiger partial charge in [-0.1, -0.05) is 37.3 Å². The molecule has 1 aromatic rings. The van der Waals surface area contributed by atoms with Crippen molar-refractivity contribution in [2.45, 2.75) is 26.3 Å². The van der Waals surface area contributed by atoms with E-state index in [1.807, 2.05) is 35.2 Å². The molecule has 1 nitrogen and oxygen atoms in total. The number of rotatable bonds is 6. The van der Waals surface area contributed by atoms with E-state index in [9.17, 15) is 8.78 Å². The number of hydrogen-bond donors (Lipinski definition) is 0. The van der Waals surface area contributed by atoms with Crippen LogP contribution in [0.25, 0.3) is 0 Å². The van der Waals surface area contributed by atoms with Gasteiger partial charge in [0.25, 0.3) is 6.43 Å². The second-order valence-corrected chi connectivity index (χ2v) is 5.04. The third kappa shape index (κ3) is 4.08. The van der Waals surface area contributed by atoms with Gasteiger partial charge in [-0.05, 0) is 23.8 Å². The molecule has 1 aliphatic rings. The molecule has 2 atom stereocenters. The van der Waals surface area contributed by atoms with Crippen molar-refractivity contribution in [3.63, 3.8) is 0 Å². The Bertz CT molecular complexity index is 339. The van der Waals surface area contributed by atoms with Gasteiger partial charge < -0.3 is 0 Å². The summed E-state index contributed by atoms with van der Waals surface area (Å²) in [6.45, 7) is 3.51. The van der Waals surface area contributed by atoms with E-state index in [0.29, 0.717) is 18.4 Å². The predicted molar refractivity (Wildman–Crippen MR) is 65.0 cm³/mol. The molecule has 0 spiro atoms. The van der Waals surface area contributed by atoms with Gasteiger partial charge in [-0.25, -0.2) is 8.78 Å². The summed E-state index contributed by atoms with van der Waals surface area (Å²) >= 11 is 0. The molecule has 1 aromatic carbocycles. The minimum Gasteiger partial charge on any atom is -0.293 e. The summed E-state index contributed by atoms with van der Waals surface area (Å²) in [7, 11) is 0. The number of hydrogen-bond acceptors (Lipinski definition) is 1. The van der Waals surface area contributed by atoms with E-state index in [-0.39, 0.29) is 6.54 Å². The minimum atomic E-state index is -2.24. The summed E-state index contributed by atoms with van der Waals surface area (Å²) in [6, 6.07) is 9.85. The van der Waals surface area contributed by atoms with Gasteiger partial charge in [0.05, 0.1) is 6.54 Å². The van der Waals surface area contributed by atoms with Gasteiger partial charge in [0.15, 0.2) is 0 Å². The average molecular weight is 239 g/mol. The van der Waals surface area contributed by atoms with Gasteiger partial charge in [0.2, 0.25) is 0 Å². The molecule has 17 heavy (non-hydrogen) atoms. The molecule has 2 rings (SSSR count). The molecule has 0 aliphatic heterocycles. The second kappa shape index (κ2) is 5.58. The van der Waals surface area contributed by atoms with Crippen LogP contribution in [0.4, 0.5) is 8.78 Å². The van der Waals surface area contributed by atoms with Crippen LogP contribution in [0.3, 0.4) is 0 Å². The summed E-state index contributed by atoms with van der Waals surface area (Å²) in [6.07, 6.45) is -1.05. The third-order valence-electron chi connectivity index (χ3n) is 3.41. The summed E-state index contributed by atoms with van der Waals surface area (Å²) in [5.74, 6) is 1.34. The molecule has 1 fully saturated rings. The highest BCUT2D eigenvalue weighted by Crippen LogP contribution is 2.38. The number of benzene rings is 1. The normalized spacial score (nSPS) is 23.4. The lowest BCUT2D eigenvalue weighted by molar-refractivity contribution is 0.0815. The fourth-order valence-corrected chi connectivity index (χ4v) is 2.23. The average Bonchev–Trinajstić information content (AvgIpc) is 2.94. The lowest BCUT2D eigenvalue weighted by atomic mass is 10.2. The molecule has 3 heteroatoms. The van der Waals surface area contributed by atoms with Gasteiger partial charge in [-0.15, -0.1) is 0 Å². The van der Waals surface area contributed by atoms with E-state index in [0.717, 1.165) is 12.1 Å². The molecule has 0 amide bonds. The molecular formula is C14H19F2N. The van der Waals surface area contributed by atoms with Crippen LogP contribution in [-0.2, 0) is 6.54 Å². The highest BCUT2D eigenvalue weighted by atomic mass is 19.3. The fourth-order valence-electron chi connectivity index (χ4n) is 2.23. The van der Waals surface area contributed by atoms with Crippen molar-refractivity contribution in [2.75, 3.05) is 13.1 Å². The van der Waals surface area contributed by atoms with E-state index in [4.69, 9.17) is 0 Å². The summed E-state index contributed by atoms with van der Waals surface area (Å²) in [4.78, 5) is 1.88. The van der Waals surface area contributed by atoms with Crippen LogP contribution in [0.15, 0.2) is 30.3 Å². The van der Waals surface area contributed by atoms with E-state index < -0.39 is 6.43 Å². The monoisotopic (exact) mass is 239 g/mol. The van der Waals surface area contributed by atoms with Crippen molar-refractivity contribution in [2.24, 2.45) is 11.8 Å². The summed E-state index contributed by atoms with van der Waals surface area (Å²) in [5, 5.41) is 0. The molecule has 1 saturated carbocycles. The molecule has 2 unspecified atom stereocenters. The molecule has 1 aliphatic carbocycles. The highest BCUT2D eigenvalue weighted by Gasteiger charge is 2.34. The maximum Gasteiger partial charge on any atom is 0.251 e. The maximum atomic E-state index is 12.5. The zero-order valence-corrected chi connectivity index (χ0v) is 10.2. The van der Waals surface area contributed by atoms with Crippen LogP contribution in [0.1, 0.15) is 18.9 Å². The van der Waals surface area contributed by atoms with Crippen molar-refractivity contribution in [1.82, 2.24) is 4.90 Å². The lowest BCUT2D eigenvalue weighted by Crippen LogP contribution is -2.30. The SMILES string of the molecule is CC1CC1CN(Cc1ccccc1)CC(F)F. The highest BCUT2D eigenvalue weighted by molar-refractivity contribution is 5.14. The van der Waals surface area contributed by atoms with Gasteiger partial charge in [-0.3, -0.25) is 4.90 Å². The van der Waals surface area contributed by atoms with Crippen molar-refractivity contribution in [1.29, 1.82) is 0 Å².